The van der Waals surface area contributed by atoms with E-state index in [0.717, 1.165) is 5.56 Å². The van der Waals surface area contributed by atoms with Gasteiger partial charge in [0.15, 0.2) is 6.10 Å². The van der Waals surface area contributed by atoms with Crippen molar-refractivity contribution < 1.29 is 14.3 Å². The summed E-state index contributed by atoms with van der Waals surface area (Å²) in [5.41, 5.74) is 1.65. The van der Waals surface area contributed by atoms with Crippen molar-refractivity contribution in [3.63, 3.8) is 0 Å². The first-order valence-corrected chi connectivity index (χ1v) is 6.19. The molecule has 1 aromatic rings. The molecule has 0 aliphatic heterocycles. The molecule has 0 saturated carbocycles. The average Bonchev–Trinajstić information content (AvgIpc) is 2.28. The Morgan fingerprint density at radius 1 is 1.39 bits per heavy atom. The van der Waals surface area contributed by atoms with Crippen LogP contribution < -0.4 is 5.46 Å². The second kappa shape index (κ2) is 7.22. The minimum atomic E-state index is -0.577. The maximum atomic E-state index is 11.8. The van der Waals surface area contributed by atoms with Crippen LogP contribution in [0.5, 0.6) is 0 Å². The maximum absolute atomic E-state index is 11.8. The van der Waals surface area contributed by atoms with Crippen LogP contribution >= 0.6 is 0 Å². The summed E-state index contributed by atoms with van der Waals surface area (Å²) in [7, 11) is 5.71. The summed E-state index contributed by atoms with van der Waals surface area (Å²) in [6.45, 7) is 5.93. The zero-order chi connectivity index (χ0) is 13.5. The summed E-state index contributed by atoms with van der Waals surface area (Å²) in [5, 5.41) is 0. The number of benzene rings is 1. The molecular weight excluding hydrogens is 227 g/mol. The lowest BCUT2D eigenvalue weighted by molar-refractivity contribution is -0.159. The van der Waals surface area contributed by atoms with Gasteiger partial charge in [-0.3, -0.25) is 0 Å². The van der Waals surface area contributed by atoms with Gasteiger partial charge in [-0.05, 0) is 26.3 Å². The smallest absolute Gasteiger partial charge is 0.335 e. The van der Waals surface area contributed by atoms with Crippen molar-refractivity contribution in [1.82, 2.24) is 0 Å². The maximum Gasteiger partial charge on any atom is 0.335 e. The lowest BCUT2D eigenvalue weighted by Crippen LogP contribution is -2.31. The van der Waals surface area contributed by atoms with Crippen molar-refractivity contribution in [3.05, 3.63) is 29.8 Å². The van der Waals surface area contributed by atoms with Crippen molar-refractivity contribution in [2.45, 2.75) is 39.4 Å². The summed E-state index contributed by atoms with van der Waals surface area (Å²) in [6, 6.07) is 7.44. The molecule has 0 spiro atoms. The summed E-state index contributed by atoms with van der Waals surface area (Å²) in [5.74, 6) is -0.325. The quantitative estimate of drug-likeness (QED) is 0.562. The fourth-order valence-electron chi connectivity index (χ4n) is 1.68. The molecule has 1 unspecified atom stereocenters. The van der Waals surface area contributed by atoms with E-state index in [1.807, 2.05) is 38.1 Å². The van der Waals surface area contributed by atoms with Crippen LogP contribution in [-0.4, -0.2) is 32.6 Å². The second-order valence-electron chi connectivity index (χ2n) is 4.37. The van der Waals surface area contributed by atoms with Gasteiger partial charge in [-0.1, -0.05) is 29.7 Å². The summed E-state index contributed by atoms with van der Waals surface area (Å²) in [4.78, 5) is 11.8. The Labute approximate surface area is 110 Å². The fraction of sp³-hybridized carbons (Fsp3) is 0.500. The van der Waals surface area contributed by atoms with Crippen LogP contribution in [0.15, 0.2) is 24.3 Å². The zero-order valence-electron chi connectivity index (χ0n) is 11.2. The SMILES string of the molecule is [B]c1cccc(CC(OC(C)C)C(=O)OCC)c1. The molecule has 0 saturated heterocycles. The molecule has 3 nitrogen and oxygen atoms in total. The number of rotatable bonds is 6. The van der Waals surface area contributed by atoms with Crippen LogP contribution in [0.25, 0.3) is 0 Å². The van der Waals surface area contributed by atoms with E-state index in [1.165, 1.54) is 0 Å². The predicted octanol–water partition coefficient (Wildman–Crippen LogP) is 1.38. The summed E-state index contributed by atoms with van der Waals surface area (Å²) in [6.07, 6.45) is -0.130. The van der Waals surface area contributed by atoms with E-state index in [9.17, 15) is 4.79 Å². The molecule has 1 rings (SSSR count). The molecule has 0 N–H and O–H groups in total. The zero-order valence-corrected chi connectivity index (χ0v) is 11.2. The molecule has 2 radical (unpaired) electrons. The number of hydrogen-bond donors (Lipinski definition) is 0. The molecule has 18 heavy (non-hydrogen) atoms. The molecule has 0 bridgehead atoms. The first-order chi connectivity index (χ1) is 8.52. The van der Waals surface area contributed by atoms with Crippen molar-refractivity contribution in [3.8, 4) is 0 Å². The van der Waals surface area contributed by atoms with E-state index in [2.05, 4.69) is 0 Å². The van der Waals surface area contributed by atoms with Gasteiger partial charge in [0.05, 0.1) is 12.7 Å². The van der Waals surface area contributed by atoms with Crippen molar-refractivity contribution in [2.24, 2.45) is 0 Å². The highest BCUT2D eigenvalue weighted by atomic mass is 16.6. The Morgan fingerprint density at radius 2 is 2.11 bits per heavy atom. The van der Waals surface area contributed by atoms with Crippen molar-refractivity contribution in [1.29, 1.82) is 0 Å². The average molecular weight is 246 g/mol. The van der Waals surface area contributed by atoms with Crippen LogP contribution in [0, 0.1) is 0 Å². The molecule has 0 heterocycles. The van der Waals surface area contributed by atoms with Crippen molar-refractivity contribution >= 4 is 19.3 Å². The Hall–Kier alpha value is -1.29. The highest BCUT2D eigenvalue weighted by Gasteiger charge is 2.22. The largest absolute Gasteiger partial charge is 0.464 e. The second-order valence-corrected chi connectivity index (χ2v) is 4.37. The van der Waals surface area contributed by atoms with Gasteiger partial charge in [0, 0.05) is 6.42 Å². The van der Waals surface area contributed by atoms with Gasteiger partial charge in [0.1, 0.15) is 7.85 Å². The van der Waals surface area contributed by atoms with E-state index in [4.69, 9.17) is 17.3 Å². The van der Waals surface area contributed by atoms with Crippen LogP contribution in [-0.2, 0) is 20.7 Å². The molecule has 0 amide bonds. The van der Waals surface area contributed by atoms with Crippen LogP contribution in [0.4, 0.5) is 0 Å². The van der Waals surface area contributed by atoms with Gasteiger partial charge in [-0.25, -0.2) is 4.79 Å². The summed E-state index contributed by atoms with van der Waals surface area (Å²) >= 11 is 0. The Kier molecular flexibility index (Phi) is 5.92. The first kappa shape index (κ1) is 14.8. The highest BCUT2D eigenvalue weighted by molar-refractivity contribution is 6.32. The van der Waals surface area contributed by atoms with Crippen LogP contribution in [0.3, 0.4) is 0 Å². The molecular formula is C14H19BO3. The molecule has 96 valence electrons. The normalized spacial score (nSPS) is 12.4. The Balaban J connectivity index is 2.74. The number of carbonyl (C=O) groups is 1. The van der Waals surface area contributed by atoms with Crippen LogP contribution in [0.2, 0.25) is 0 Å². The van der Waals surface area contributed by atoms with Crippen molar-refractivity contribution in [2.75, 3.05) is 6.61 Å². The summed E-state index contributed by atoms with van der Waals surface area (Å²) < 4.78 is 10.6. The third-order valence-electron chi connectivity index (χ3n) is 2.36. The lowest BCUT2D eigenvalue weighted by atomic mass is 9.93. The fourth-order valence-corrected chi connectivity index (χ4v) is 1.68. The number of carbonyl (C=O) groups excluding carboxylic acids is 1. The molecule has 0 aliphatic carbocycles. The van der Waals surface area contributed by atoms with E-state index in [-0.39, 0.29) is 12.1 Å². The van der Waals surface area contributed by atoms with Crippen LogP contribution in [0.1, 0.15) is 26.3 Å². The monoisotopic (exact) mass is 246 g/mol. The van der Waals surface area contributed by atoms with Gasteiger partial charge in [-0.2, -0.15) is 0 Å². The van der Waals surface area contributed by atoms with E-state index in [0.29, 0.717) is 18.5 Å². The van der Waals surface area contributed by atoms with E-state index >= 15 is 0 Å². The standard InChI is InChI=1S/C14H19BO3/c1-4-17-14(16)13(18-10(2)3)9-11-6-5-7-12(15)8-11/h5-8,10,13H,4,9H2,1-3H3. The third-order valence-corrected chi connectivity index (χ3v) is 2.36. The minimum Gasteiger partial charge on any atom is -0.464 e. The van der Waals surface area contributed by atoms with Gasteiger partial charge >= 0.3 is 5.97 Å². The molecule has 1 aromatic carbocycles. The minimum absolute atomic E-state index is 0.0273. The molecule has 0 aliphatic rings. The van der Waals surface area contributed by atoms with Gasteiger partial charge < -0.3 is 9.47 Å². The molecule has 4 heteroatoms. The van der Waals surface area contributed by atoms with E-state index in [1.54, 1.807) is 6.92 Å². The Morgan fingerprint density at radius 3 is 2.67 bits per heavy atom. The topological polar surface area (TPSA) is 35.5 Å². The lowest BCUT2D eigenvalue weighted by Gasteiger charge is -2.19. The number of hydrogen-bond acceptors (Lipinski definition) is 3. The predicted molar refractivity (Wildman–Crippen MR) is 72.2 cm³/mol. The number of esters is 1. The van der Waals surface area contributed by atoms with Gasteiger partial charge in [0.2, 0.25) is 0 Å². The molecule has 1 atom stereocenters. The van der Waals surface area contributed by atoms with E-state index < -0.39 is 6.10 Å². The highest BCUT2D eigenvalue weighted by Crippen LogP contribution is 2.09. The molecule has 0 fully saturated rings. The molecule has 0 aromatic heterocycles. The van der Waals surface area contributed by atoms with Gasteiger partial charge in [-0.15, -0.1) is 0 Å². The first-order valence-electron chi connectivity index (χ1n) is 6.19. The third kappa shape index (κ3) is 4.92. The van der Waals surface area contributed by atoms with Gasteiger partial charge in [0.25, 0.3) is 0 Å². The Bertz CT molecular complexity index is 390. The number of ether oxygens (including phenoxy) is 2.